The number of para-hydroxylation sites is 1. The highest BCUT2D eigenvalue weighted by Crippen LogP contribution is 2.39. The quantitative estimate of drug-likeness (QED) is 0.395. The second kappa shape index (κ2) is 10.0. The van der Waals surface area contributed by atoms with E-state index in [1.54, 1.807) is 29.1 Å². The van der Waals surface area contributed by atoms with Gasteiger partial charge in [0.05, 0.1) is 25.5 Å². The van der Waals surface area contributed by atoms with Crippen LogP contribution in [-0.2, 0) is 0 Å². The minimum Gasteiger partial charge on any atom is -0.490 e. The number of hydrogen-bond acceptors (Lipinski definition) is 6. The number of ether oxygens (including phenoxy) is 3. The maximum atomic E-state index is 13.1. The molecular weight excluding hydrogens is 420 g/mol. The third-order valence-corrected chi connectivity index (χ3v) is 4.80. The Morgan fingerprint density at radius 1 is 0.818 bits per heavy atom. The van der Waals surface area contributed by atoms with Gasteiger partial charge in [-0.05, 0) is 63.2 Å². The summed E-state index contributed by atoms with van der Waals surface area (Å²) in [5.41, 5.74) is 3.28. The lowest BCUT2D eigenvalue weighted by molar-refractivity contribution is 0.102. The van der Waals surface area contributed by atoms with Crippen LogP contribution in [0.15, 0.2) is 60.7 Å². The predicted molar refractivity (Wildman–Crippen MR) is 127 cm³/mol. The molecule has 33 heavy (non-hydrogen) atoms. The molecular formula is C25H26N4O4. The Balaban J connectivity index is 1.61. The summed E-state index contributed by atoms with van der Waals surface area (Å²) < 4.78 is 17.1. The van der Waals surface area contributed by atoms with Crippen molar-refractivity contribution in [1.82, 2.24) is 15.0 Å². The van der Waals surface area contributed by atoms with Gasteiger partial charge < -0.3 is 19.5 Å². The molecule has 0 spiro atoms. The van der Waals surface area contributed by atoms with Crippen molar-refractivity contribution in [3.8, 4) is 22.9 Å². The minimum atomic E-state index is -0.297. The number of anilines is 1. The first-order chi connectivity index (χ1) is 16.1. The monoisotopic (exact) mass is 446 g/mol. The fourth-order valence-electron chi connectivity index (χ4n) is 3.39. The van der Waals surface area contributed by atoms with Gasteiger partial charge in [-0.1, -0.05) is 18.2 Å². The molecule has 0 saturated heterocycles. The normalized spacial score (nSPS) is 10.8. The van der Waals surface area contributed by atoms with Gasteiger partial charge in [-0.25, -0.2) is 0 Å². The Hall–Kier alpha value is -4.07. The number of rotatable bonds is 9. The molecule has 4 aromatic rings. The summed E-state index contributed by atoms with van der Waals surface area (Å²) in [6.07, 6.45) is 0. The van der Waals surface area contributed by atoms with Crippen LogP contribution in [0.4, 0.5) is 5.69 Å². The Labute approximate surface area is 192 Å². The Morgan fingerprint density at radius 3 is 2.09 bits per heavy atom. The molecule has 0 aliphatic rings. The molecule has 0 radical (unpaired) electrons. The van der Waals surface area contributed by atoms with E-state index >= 15 is 0 Å². The molecule has 1 heterocycles. The van der Waals surface area contributed by atoms with E-state index < -0.39 is 0 Å². The number of nitrogens with zero attached hydrogens (tertiary/aromatic N) is 3. The van der Waals surface area contributed by atoms with E-state index in [0.29, 0.717) is 53.8 Å². The number of aromatic nitrogens is 3. The lowest BCUT2D eigenvalue weighted by Gasteiger charge is -2.17. The van der Waals surface area contributed by atoms with E-state index in [9.17, 15) is 4.79 Å². The highest BCUT2D eigenvalue weighted by molar-refractivity contribution is 6.05. The standard InChI is InChI=1S/C25H26N4O4/c1-4-31-22-14-17(15-23(32-5-2)24(22)33-6-3)25(30)26-18-12-13-20-21(16-18)28-29(27-20)19-10-8-7-9-11-19/h7-16H,4-6H2,1-3H3,(H,26,30). The molecule has 4 rings (SSSR count). The third-order valence-electron chi connectivity index (χ3n) is 4.80. The zero-order valence-electron chi connectivity index (χ0n) is 18.9. The van der Waals surface area contributed by atoms with Crippen LogP contribution in [0, 0.1) is 0 Å². The maximum absolute atomic E-state index is 13.1. The van der Waals surface area contributed by atoms with E-state index in [4.69, 9.17) is 14.2 Å². The van der Waals surface area contributed by atoms with Gasteiger partial charge in [0, 0.05) is 11.3 Å². The fourth-order valence-corrected chi connectivity index (χ4v) is 3.39. The average Bonchev–Trinajstić information content (AvgIpc) is 3.25. The fraction of sp³-hybridized carbons (Fsp3) is 0.240. The van der Waals surface area contributed by atoms with Crippen molar-refractivity contribution >= 4 is 22.6 Å². The van der Waals surface area contributed by atoms with Crippen molar-refractivity contribution < 1.29 is 19.0 Å². The van der Waals surface area contributed by atoms with Crippen LogP contribution >= 0.6 is 0 Å². The molecule has 1 amide bonds. The molecule has 0 aliphatic carbocycles. The number of hydrogen-bond donors (Lipinski definition) is 1. The number of nitrogens with one attached hydrogen (secondary N) is 1. The molecule has 1 N–H and O–H groups in total. The first kappa shape index (κ1) is 22.1. The van der Waals surface area contributed by atoms with E-state index in [1.807, 2.05) is 57.2 Å². The van der Waals surface area contributed by atoms with Gasteiger partial charge in [0.1, 0.15) is 11.0 Å². The molecule has 0 bridgehead atoms. The molecule has 1 aromatic heterocycles. The smallest absolute Gasteiger partial charge is 0.255 e. The van der Waals surface area contributed by atoms with Crippen LogP contribution < -0.4 is 19.5 Å². The molecule has 170 valence electrons. The van der Waals surface area contributed by atoms with Gasteiger partial charge >= 0.3 is 0 Å². The molecule has 0 aliphatic heterocycles. The van der Waals surface area contributed by atoms with Crippen molar-refractivity contribution in [2.45, 2.75) is 20.8 Å². The van der Waals surface area contributed by atoms with Crippen LogP contribution in [0.25, 0.3) is 16.7 Å². The van der Waals surface area contributed by atoms with Gasteiger partial charge in [0.15, 0.2) is 11.5 Å². The molecule has 0 fully saturated rings. The molecule has 8 nitrogen and oxygen atoms in total. The second-order valence-electron chi connectivity index (χ2n) is 7.08. The lowest BCUT2D eigenvalue weighted by atomic mass is 10.1. The summed E-state index contributed by atoms with van der Waals surface area (Å²) in [7, 11) is 0. The van der Waals surface area contributed by atoms with Crippen LogP contribution in [0.3, 0.4) is 0 Å². The molecule has 0 unspecified atom stereocenters. The van der Waals surface area contributed by atoms with Gasteiger partial charge in [-0.3, -0.25) is 4.79 Å². The molecule has 0 saturated carbocycles. The zero-order chi connectivity index (χ0) is 23.2. The van der Waals surface area contributed by atoms with E-state index in [2.05, 4.69) is 15.5 Å². The third kappa shape index (κ3) is 4.90. The lowest BCUT2D eigenvalue weighted by Crippen LogP contribution is -2.13. The van der Waals surface area contributed by atoms with Crippen LogP contribution in [-0.4, -0.2) is 40.7 Å². The zero-order valence-corrected chi connectivity index (χ0v) is 18.9. The van der Waals surface area contributed by atoms with E-state index in [-0.39, 0.29) is 5.91 Å². The van der Waals surface area contributed by atoms with Crippen molar-refractivity contribution in [2.75, 3.05) is 25.1 Å². The summed E-state index contributed by atoms with van der Waals surface area (Å²) in [5, 5.41) is 12.0. The summed E-state index contributed by atoms with van der Waals surface area (Å²) in [6.45, 7) is 6.96. The van der Waals surface area contributed by atoms with Crippen molar-refractivity contribution in [3.05, 3.63) is 66.2 Å². The molecule has 3 aromatic carbocycles. The predicted octanol–water partition coefficient (Wildman–Crippen LogP) is 4.87. The minimum absolute atomic E-state index is 0.297. The number of benzene rings is 3. The largest absolute Gasteiger partial charge is 0.490 e. The Kier molecular flexibility index (Phi) is 6.73. The number of carbonyl (C=O) groups excluding carboxylic acids is 1. The van der Waals surface area contributed by atoms with E-state index in [0.717, 1.165) is 11.2 Å². The number of carbonyl (C=O) groups is 1. The molecule has 0 atom stereocenters. The summed E-state index contributed by atoms with van der Waals surface area (Å²) in [5.74, 6) is 1.14. The number of amides is 1. The molecule has 8 heteroatoms. The van der Waals surface area contributed by atoms with Crippen molar-refractivity contribution in [3.63, 3.8) is 0 Å². The summed E-state index contributed by atoms with van der Waals surface area (Å²) >= 11 is 0. The second-order valence-corrected chi connectivity index (χ2v) is 7.08. The summed E-state index contributed by atoms with van der Waals surface area (Å²) in [4.78, 5) is 14.6. The van der Waals surface area contributed by atoms with Crippen LogP contribution in [0.5, 0.6) is 17.2 Å². The van der Waals surface area contributed by atoms with Gasteiger partial charge in [-0.15, -0.1) is 10.2 Å². The highest BCUT2D eigenvalue weighted by Gasteiger charge is 2.19. The first-order valence-corrected chi connectivity index (χ1v) is 10.9. The highest BCUT2D eigenvalue weighted by atomic mass is 16.5. The van der Waals surface area contributed by atoms with Gasteiger partial charge in [-0.2, -0.15) is 4.80 Å². The summed E-state index contributed by atoms with van der Waals surface area (Å²) in [6, 6.07) is 18.4. The first-order valence-electron chi connectivity index (χ1n) is 10.9. The Morgan fingerprint density at radius 2 is 1.45 bits per heavy atom. The van der Waals surface area contributed by atoms with Crippen LogP contribution in [0.1, 0.15) is 31.1 Å². The van der Waals surface area contributed by atoms with Gasteiger partial charge in [0.25, 0.3) is 5.91 Å². The SMILES string of the molecule is CCOc1cc(C(=O)Nc2ccc3nn(-c4ccccc4)nc3c2)cc(OCC)c1OCC. The van der Waals surface area contributed by atoms with Crippen molar-refractivity contribution in [2.24, 2.45) is 0 Å². The topological polar surface area (TPSA) is 87.5 Å². The van der Waals surface area contributed by atoms with E-state index in [1.165, 1.54) is 0 Å². The van der Waals surface area contributed by atoms with Crippen molar-refractivity contribution in [1.29, 1.82) is 0 Å². The average molecular weight is 447 g/mol. The Bertz CT molecular complexity index is 1230. The van der Waals surface area contributed by atoms with Crippen LogP contribution in [0.2, 0.25) is 0 Å². The number of fused-ring (bicyclic) bond motifs is 1. The van der Waals surface area contributed by atoms with Gasteiger partial charge in [0.2, 0.25) is 5.75 Å². The maximum Gasteiger partial charge on any atom is 0.255 e.